The second-order valence-corrected chi connectivity index (χ2v) is 5.14. The fourth-order valence-electron chi connectivity index (χ4n) is 1.59. The molecule has 1 nitrogen and oxygen atoms in total. The Hall–Kier alpha value is -1.35. The van der Waals surface area contributed by atoms with E-state index in [1.165, 1.54) is 10.5 Å². The molecule has 0 heterocycles. The Morgan fingerprint density at radius 2 is 1.72 bits per heavy atom. The van der Waals surface area contributed by atoms with Gasteiger partial charge in [0.05, 0.1) is 5.75 Å². The average molecular weight is 256 g/mol. The van der Waals surface area contributed by atoms with Crippen molar-refractivity contribution in [3.8, 4) is 5.75 Å². The molecule has 18 heavy (non-hydrogen) atoms. The molecule has 0 N–H and O–H groups in total. The van der Waals surface area contributed by atoms with Crippen LogP contribution >= 0.6 is 11.8 Å². The summed E-state index contributed by atoms with van der Waals surface area (Å²) in [5.41, 5.74) is 1.36. The summed E-state index contributed by atoms with van der Waals surface area (Å²) in [5.74, 6) is 1.97. The lowest BCUT2D eigenvalue weighted by atomic mass is 9.97. The zero-order valence-corrected chi connectivity index (χ0v) is 11.5. The van der Waals surface area contributed by atoms with Crippen molar-refractivity contribution >= 4 is 19.2 Å². The van der Waals surface area contributed by atoms with Crippen LogP contribution in [0, 0.1) is 0 Å². The van der Waals surface area contributed by atoms with Gasteiger partial charge in [0.25, 0.3) is 0 Å². The maximum Gasteiger partial charge on any atom is 0.339 e. The monoisotopic (exact) mass is 256 g/mol. The first-order chi connectivity index (χ1) is 8.88. The molecule has 0 bridgehead atoms. The first kappa shape index (κ1) is 13.1. The Morgan fingerprint density at radius 1 is 1.00 bits per heavy atom. The molecule has 0 fully saturated rings. The van der Waals surface area contributed by atoms with E-state index in [1.54, 1.807) is 0 Å². The van der Waals surface area contributed by atoms with Crippen LogP contribution in [0.5, 0.6) is 5.75 Å². The Bertz CT molecular complexity index is 456. The maximum atomic E-state index is 5.56. The topological polar surface area (TPSA) is 9.23 Å². The zero-order valence-electron chi connectivity index (χ0n) is 10.6. The second kappa shape index (κ2) is 7.17. The van der Waals surface area contributed by atoms with Gasteiger partial charge in [0.2, 0.25) is 0 Å². The predicted octanol–water partition coefficient (Wildman–Crippen LogP) is 4.15. The molecule has 0 aliphatic heterocycles. The van der Waals surface area contributed by atoms with Gasteiger partial charge in [-0.2, -0.15) is 0 Å². The molecule has 0 spiro atoms. The lowest BCUT2D eigenvalue weighted by Crippen LogP contribution is -1.98. The molecule has 2 aromatic rings. The summed E-state index contributed by atoms with van der Waals surface area (Å²) in [6.45, 7) is 2.12. The quantitative estimate of drug-likeness (QED) is 0.567. The molecule has 0 unspecified atom stereocenters. The molecule has 2 rings (SSSR count). The van der Waals surface area contributed by atoms with E-state index in [1.807, 2.05) is 30.0 Å². The molecule has 2 aromatic carbocycles. The zero-order chi connectivity index (χ0) is 12.6. The van der Waals surface area contributed by atoms with Crippen LogP contribution in [0.4, 0.5) is 0 Å². The van der Waals surface area contributed by atoms with E-state index in [0.717, 1.165) is 25.3 Å². The Kier molecular flexibility index (Phi) is 5.22. The maximum absolute atomic E-state index is 5.56. The average Bonchev–Trinajstić information content (AvgIpc) is 2.45. The van der Waals surface area contributed by atoms with Gasteiger partial charge in [-0.15, -0.1) is 11.8 Å². The standard InChI is InChI=1S/C15H17BOS/c1-2-16-17-14-8-10-15(11-9-14)18-12-13-6-4-3-5-7-13/h3-11,16H,2,12H2,1H3. The third-order valence-electron chi connectivity index (χ3n) is 2.54. The molecule has 0 saturated heterocycles. The Morgan fingerprint density at radius 3 is 2.39 bits per heavy atom. The Balaban J connectivity index is 1.86. The number of hydrogen-bond donors (Lipinski definition) is 0. The molecule has 0 radical (unpaired) electrons. The van der Waals surface area contributed by atoms with Crippen molar-refractivity contribution in [3.63, 3.8) is 0 Å². The lowest BCUT2D eigenvalue weighted by Gasteiger charge is -2.06. The first-order valence-electron chi connectivity index (χ1n) is 6.28. The number of hydrogen-bond acceptors (Lipinski definition) is 2. The van der Waals surface area contributed by atoms with E-state index in [4.69, 9.17) is 4.65 Å². The van der Waals surface area contributed by atoms with Crippen molar-refractivity contribution in [3.05, 3.63) is 60.2 Å². The minimum atomic E-state index is 0.788. The van der Waals surface area contributed by atoms with Gasteiger partial charge in [-0.1, -0.05) is 37.3 Å². The fourth-order valence-corrected chi connectivity index (χ4v) is 2.45. The molecule has 0 aliphatic carbocycles. The third-order valence-corrected chi connectivity index (χ3v) is 3.63. The van der Waals surface area contributed by atoms with Crippen molar-refractivity contribution in [2.24, 2.45) is 0 Å². The summed E-state index contributed by atoms with van der Waals surface area (Å²) in [4.78, 5) is 1.28. The van der Waals surface area contributed by atoms with Gasteiger partial charge in [0, 0.05) is 10.6 Å². The van der Waals surface area contributed by atoms with Crippen molar-refractivity contribution in [2.75, 3.05) is 0 Å². The molecule has 0 amide bonds. The lowest BCUT2D eigenvalue weighted by molar-refractivity contribution is 0.593. The smallest absolute Gasteiger partial charge is 0.339 e. The van der Waals surface area contributed by atoms with E-state index in [9.17, 15) is 0 Å². The molecule has 92 valence electrons. The normalized spacial score (nSPS) is 10.1. The molecular weight excluding hydrogens is 239 g/mol. The summed E-state index contributed by atoms with van der Waals surface area (Å²) in [6.07, 6.45) is 1.05. The highest BCUT2D eigenvalue weighted by atomic mass is 32.2. The van der Waals surface area contributed by atoms with Crippen LogP contribution in [0.2, 0.25) is 6.32 Å². The van der Waals surface area contributed by atoms with E-state index < -0.39 is 0 Å². The van der Waals surface area contributed by atoms with Gasteiger partial charge >= 0.3 is 7.48 Å². The predicted molar refractivity (Wildman–Crippen MR) is 80.7 cm³/mol. The van der Waals surface area contributed by atoms with E-state index >= 15 is 0 Å². The number of rotatable bonds is 6. The number of thioether (sulfide) groups is 1. The van der Waals surface area contributed by atoms with Crippen LogP contribution in [-0.2, 0) is 5.75 Å². The van der Waals surface area contributed by atoms with Crippen molar-refractivity contribution < 1.29 is 4.65 Å². The van der Waals surface area contributed by atoms with Crippen LogP contribution in [-0.4, -0.2) is 7.48 Å². The summed E-state index contributed by atoms with van der Waals surface area (Å²) in [6, 6.07) is 18.9. The van der Waals surface area contributed by atoms with Crippen LogP contribution in [0.3, 0.4) is 0 Å². The highest BCUT2D eigenvalue weighted by molar-refractivity contribution is 7.98. The summed E-state index contributed by atoms with van der Waals surface area (Å²) in [5, 5.41) is 0. The molecule has 0 atom stereocenters. The molecule has 3 heteroatoms. The van der Waals surface area contributed by atoms with E-state index in [-0.39, 0.29) is 0 Å². The van der Waals surface area contributed by atoms with Gasteiger partial charge < -0.3 is 4.65 Å². The van der Waals surface area contributed by atoms with Gasteiger partial charge in [-0.05, 0) is 36.1 Å². The van der Waals surface area contributed by atoms with Gasteiger partial charge in [0.15, 0.2) is 0 Å². The highest BCUT2D eigenvalue weighted by Gasteiger charge is 1.98. The minimum absolute atomic E-state index is 0.788. The number of benzene rings is 2. The van der Waals surface area contributed by atoms with Gasteiger partial charge in [-0.3, -0.25) is 0 Å². The summed E-state index contributed by atoms with van der Waals surface area (Å²) >= 11 is 1.85. The van der Waals surface area contributed by atoms with Crippen molar-refractivity contribution in [2.45, 2.75) is 23.9 Å². The van der Waals surface area contributed by atoms with Crippen LogP contribution in [0.1, 0.15) is 12.5 Å². The largest absolute Gasteiger partial charge is 0.564 e. The molecule has 0 saturated carbocycles. The fraction of sp³-hybridized carbons (Fsp3) is 0.200. The van der Waals surface area contributed by atoms with Crippen molar-refractivity contribution in [1.29, 1.82) is 0 Å². The van der Waals surface area contributed by atoms with E-state index in [2.05, 4.69) is 43.3 Å². The summed E-state index contributed by atoms with van der Waals surface area (Å²) in [7, 11) is 0.788. The molecule has 0 aromatic heterocycles. The SMILES string of the molecule is CCBOc1ccc(SCc2ccccc2)cc1. The highest BCUT2D eigenvalue weighted by Crippen LogP contribution is 2.24. The third kappa shape index (κ3) is 4.15. The second-order valence-electron chi connectivity index (χ2n) is 4.09. The molecule has 0 aliphatic rings. The van der Waals surface area contributed by atoms with Gasteiger partial charge in [-0.25, -0.2) is 0 Å². The van der Waals surface area contributed by atoms with Gasteiger partial charge in [0.1, 0.15) is 0 Å². The van der Waals surface area contributed by atoms with Crippen LogP contribution in [0.25, 0.3) is 0 Å². The Labute approximate surface area is 114 Å². The van der Waals surface area contributed by atoms with Crippen LogP contribution < -0.4 is 4.65 Å². The van der Waals surface area contributed by atoms with E-state index in [0.29, 0.717) is 0 Å². The molecular formula is C15H17BOS. The first-order valence-corrected chi connectivity index (χ1v) is 7.26. The van der Waals surface area contributed by atoms with Crippen molar-refractivity contribution in [1.82, 2.24) is 0 Å². The summed E-state index contributed by atoms with van der Waals surface area (Å²) < 4.78 is 5.56. The van der Waals surface area contributed by atoms with Crippen LogP contribution in [0.15, 0.2) is 59.5 Å². The minimum Gasteiger partial charge on any atom is -0.564 e.